The van der Waals surface area contributed by atoms with Crippen LogP contribution >= 0.6 is 0 Å². The van der Waals surface area contributed by atoms with Crippen LogP contribution in [0.15, 0.2) is 47.7 Å². The molecule has 0 bridgehead atoms. The largest absolute Gasteiger partial charge is 0.495 e. The van der Waals surface area contributed by atoms with Crippen molar-refractivity contribution in [2.45, 2.75) is 12.6 Å². The van der Waals surface area contributed by atoms with E-state index >= 15 is 0 Å². The Hall–Kier alpha value is -4.15. The summed E-state index contributed by atoms with van der Waals surface area (Å²) in [5.74, 6) is -3.33. The summed E-state index contributed by atoms with van der Waals surface area (Å²) in [7, 11) is 1.58. The van der Waals surface area contributed by atoms with Crippen LogP contribution in [0.1, 0.15) is 16.8 Å². The Morgan fingerprint density at radius 1 is 1.14 bits per heavy atom. The molecule has 8 nitrogen and oxygen atoms in total. The molecule has 0 radical (unpaired) electrons. The molecule has 6 rings (SSSR count). The number of aromatic nitrogens is 2. The lowest BCUT2D eigenvalue weighted by Crippen LogP contribution is -2.51. The molecule has 3 aliphatic rings. The van der Waals surface area contributed by atoms with Gasteiger partial charge in [0.25, 0.3) is 5.72 Å². The van der Waals surface area contributed by atoms with Crippen LogP contribution in [0.2, 0.25) is 0 Å². The Labute approximate surface area is 197 Å². The lowest BCUT2D eigenvalue weighted by Gasteiger charge is -2.36. The van der Waals surface area contributed by atoms with Crippen molar-refractivity contribution in [1.82, 2.24) is 14.5 Å². The van der Waals surface area contributed by atoms with Crippen LogP contribution in [0, 0.1) is 24.4 Å². The van der Waals surface area contributed by atoms with Gasteiger partial charge in [-0.15, -0.1) is 0 Å². The number of oxime groups is 1. The first-order chi connectivity index (χ1) is 16.9. The summed E-state index contributed by atoms with van der Waals surface area (Å²) < 4.78 is 60.8. The SMILES string of the molecule is COc1cc(/C=C2\OCCN3C2=NOC32COc3c2cc(F)c(F)c3F)ccc1-n1cnc(C)c1. The smallest absolute Gasteiger partial charge is 0.275 e. The quantitative estimate of drug-likeness (QED) is 0.526. The molecule has 11 heteroatoms. The molecule has 0 N–H and O–H groups in total. The highest BCUT2D eigenvalue weighted by Gasteiger charge is 2.57. The summed E-state index contributed by atoms with van der Waals surface area (Å²) in [4.78, 5) is 11.7. The zero-order valence-corrected chi connectivity index (χ0v) is 18.7. The van der Waals surface area contributed by atoms with Gasteiger partial charge in [-0.2, -0.15) is 4.39 Å². The highest BCUT2D eigenvalue weighted by Crippen LogP contribution is 2.48. The van der Waals surface area contributed by atoms with Crippen molar-refractivity contribution in [3.8, 4) is 17.2 Å². The lowest BCUT2D eigenvalue weighted by atomic mass is 10.0. The van der Waals surface area contributed by atoms with Gasteiger partial charge in [0.05, 0.1) is 36.9 Å². The molecule has 1 spiro atoms. The van der Waals surface area contributed by atoms with Gasteiger partial charge in [0.2, 0.25) is 11.7 Å². The fraction of sp³-hybridized carbons (Fsp3) is 0.250. The number of aryl methyl sites for hydroxylation is 1. The summed E-state index contributed by atoms with van der Waals surface area (Å²) in [6.45, 7) is 2.30. The van der Waals surface area contributed by atoms with Gasteiger partial charge in [0.1, 0.15) is 12.4 Å². The first kappa shape index (κ1) is 21.4. The minimum absolute atomic E-state index is 0.0375. The standard InChI is InChI=1S/C24H19F3N4O4/c1-13-10-30(12-28-13)17-4-3-14(7-18(17)32-2)8-19-23-29-35-24(31(23)5-6-33-19)11-34-22-15(24)9-16(25)20(26)21(22)27/h3-4,7-10,12H,5-6,11H2,1-2H3/b19-8-. The average Bonchev–Trinajstić information content (AvgIpc) is 3.56. The normalized spacial score (nSPS) is 21.3. The third-order valence-corrected chi connectivity index (χ3v) is 6.21. The number of nitrogens with zero attached hydrogens (tertiary/aromatic N) is 4. The first-order valence-electron chi connectivity index (χ1n) is 10.8. The van der Waals surface area contributed by atoms with Gasteiger partial charge < -0.3 is 28.5 Å². The third-order valence-electron chi connectivity index (χ3n) is 6.21. The van der Waals surface area contributed by atoms with Gasteiger partial charge in [0, 0.05) is 6.20 Å². The Balaban J connectivity index is 1.35. The van der Waals surface area contributed by atoms with Crippen LogP contribution in [-0.4, -0.2) is 47.2 Å². The predicted molar refractivity (Wildman–Crippen MR) is 117 cm³/mol. The topological polar surface area (TPSA) is 70.3 Å². The number of benzene rings is 2. The number of hydrogen-bond acceptors (Lipinski definition) is 7. The van der Waals surface area contributed by atoms with E-state index in [2.05, 4.69) is 10.1 Å². The maximum absolute atomic E-state index is 14.3. The van der Waals surface area contributed by atoms with Crippen molar-refractivity contribution in [3.63, 3.8) is 0 Å². The van der Waals surface area contributed by atoms with E-state index in [1.807, 2.05) is 35.9 Å². The van der Waals surface area contributed by atoms with Crippen molar-refractivity contribution in [2.24, 2.45) is 5.16 Å². The minimum Gasteiger partial charge on any atom is -0.495 e. The van der Waals surface area contributed by atoms with E-state index in [1.165, 1.54) is 0 Å². The molecule has 0 aliphatic carbocycles. The number of hydrogen-bond donors (Lipinski definition) is 0. The molecule has 1 unspecified atom stereocenters. The van der Waals surface area contributed by atoms with Gasteiger partial charge in [-0.3, -0.25) is 0 Å². The third kappa shape index (κ3) is 3.14. The number of imidazole rings is 1. The maximum atomic E-state index is 14.3. The van der Waals surface area contributed by atoms with Crippen LogP contribution in [0.25, 0.3) is 11.8 Å². The van der Waals surface area contributed by atoms with Crippen molar-refractivity contribution in [2.75, 3.05) is 26.9 Å². The van der Waals surface area contributed by atoms with Crippen molar-refractivity contribution in [1.29, 1.82) is 0 Å². The second-order valence-corrected chi connectivity index (χ2v) is 8.30. The lowest BCUT2D eigenvalue weighted by molar-refractivity contribution is -0.119. The van der Waals surface area contributed by atoms with E-state index in [-0.39, 0.29) is 24.5 Å². The number of halogens is 3. The van der Waals surface area contributed by atoms with E-state index in [1.54, 1.807) is 24.4 Å². The summed E-state index contributed by atoms with van der Waals surface area (Å²) >= 11 is 0. The number of methoxy groups -OCH3 is 1. The molecule has 4 heterocycles. The van der Waals surface area contributed by atoms with Gasteiger partial charge in [-0.25, -0.2) is 13.8 Å². The second kappa shape index (κ2) is 7.69. The van der Waals surface area contributed by atoms with Crippen molar-refractivity contribution in [3.05, 3.63) is 76.8 Å². The Kier molecular flexibility index (Phi) is 4.70. The predicted octanol–water partition coefficient (Wildman–Crippen LogP) is 3.87. The van der Waals surface area contributed by atoms with E-state index < -0.39 is 23.2 Å². The zero-order valence-electron chi connectivity index (χ0n) is 18.7. The van der Waals surface area contributed by atoms with Crippen LogP contribution < -0.4 is 9.47 Å². The summed E-state index contributed by atoms with van der Waals surface area (Å²) in [5.41, 5.74) is 1.09. The molecule has 1 aromatic heterocycles. The fourth-order valence-corrected chi connectivity index (χ4v) is 4.53. The number of morpholine rings is 1. The Bertz CT molecular complexity index is 1420. The number of rotatable bonds is 3. The number of fused-ring (bicyclic) bond motifs is 4. The highest BCUT2D eigenvalue weighted by molar-refractivity contribution is 6.01. The minimum atomic E-state index is -1.59. The second-order valence-electron chi connectivity index (χ2n) is 8.30. The number of amidine groups is 1. The van der Waals surface area contributed by atoms with E-state index in [0.717, 1.165) is 23.0 Å². The van der Waals surface area contributed by atoms with Crippen molar-refractivity contribution < 1.29 is 32.2 Å². The molecule has 1 saturated heterocycles. The highest BCUT2D eigenvalue weighted by atomic mass is 19.2. The molecule has 1 fully saturated rings. The van der Waals surface area contributed by atoms with Gasteiger partial charge >= 0.3 is 0 Å². The van der Waals surface area contributed by atoms with Crippen LogP contribution in [-0.2, 0) is 15.3 Å². The van der Waals surface area contributed by atoms with Gasteiger partial charge in [-0.05, 0) is 36.8 Å². The molecular weight excluding hydrogens is 465 g/mol. The maximum Gasteiger partial charge on any atom is 0.275 e. The van der Waals surface area contributed by atoms with Crippen LogP contribution in [0.5, 0.6) is 11.5 Å². The molecular formula is C24H19F3N4O4. The first-order valence-corrected chi connectivity index (χ1v) is 10.8. The van der Waals surface area contributed by atoms with Crippen LogP contribution in [0.3, 0.4) is 0 Å². The molecule has 0 saturated carbocycles. The zero-order chi connectivity index (χ0) is 24.3. The molecule has 35 heavy (non-hydrogen) atoms. The van der Waals surface area contributed by atoms with Gasteiger partial charge in [0.15, 0.2) is 29.8 Å². The molecule has 3 aliphatic heterocycles. The summed E-state index contributed by atoms with van der Waals surface area (Å²) in [5, 5.41) is 4.15. The van der Waals surface area contributed by atoms with E-state index in [4.69, 9.17) is 19.0 Å². The van der Waals surface area contributed by atoms with E-state index in [0.29, 0.717) is 23.9 Å². The summed E-state index contributed by atoms with van der Waals surface area (Å²) in [6.07, 6.45) is 5.36. The van der Waals surface area contributed by atoms with Gasteiger partial charge in [-0.1, -0.05) is 11.2 Å². The summed E-state index contributed by atoms with van der Waals surface area (Å²) in [6, 6.07) is 6.51. The number of ether oxygens (including phenoxy) is 3. The Morgan fingerprint density at radius 2 is 2.00 bits per heavy atom. The monoisotopic (exact) mass is 484 g/mol. The fourth-order valence-electron chi connectivity index (χ4n) is 4.53. The molecule has 180 valence electrons. The molecule has 0 amide bonds. The van der Waals surface area contributed by atoms with Crippen molar-refractivity contribution >= 4 is 11.9 Å². The van der Waals surface area contributed by atoms with Crippen LogP contribution in [0.4, 0.5) is 13.2 Å². The van der Waals surface area contributed by atoms with E-state index in [9.17, 15) is 13.2 Å². The molecule has 3 aromatic rings. The molecule has 2 aromatic carbocycles. The average molecular weight is 484 g/mol. The molecule has 1 atom stereocenters. The Morgan fingerprint density at radius 3 is 2.77 bits per heavy atom.